The van der Waals surface area contributed by atoms with E-state index in [0.717, 1.165) is 60.5 Å². The standard InChI is InChI=1S/C40H26N4/c1-3-10-27(11-4-1)36-22-21-28-12-7-8-16-35(28)37(36)40-43-38(29-13-5-2-6-14-29)42-39(44-40)33-20-19-30-24-32(18-17-31(30)25-33)34-15-9-23-41-26-34/h1-26H. The summed E-state index contributed by atoms with van der Waals surface area (Å²) in [7, 11) is 0. The first-order valence-corrected chi connectivity index (χ1v) is 14.6. The molecule has 44 heavy (non-hydrogen) atoms. The summed E-state index contributed by atoms with van der Waals surface area (Å²) >= 11 is 0. The van der Waals surface area contributed by atoms with E-state index in [-0.39, 0.29) is 0 Å². The molecule has 4 heteroatoms. The summed E-state index contributed by atoms with van der Waals surface area (Å²) in [5, 5.41) is 4.51. The van der Waals surface area contributed by atoms with Gasteiger partial charge in [0.15, 0.2) is 17.5 Å². The van der Waals surface area contributed by atoms with E-state index in [4.69, 9.17) is 15.0 Å². The van der Waals surface area contributed by atoms with E-state index < -0.39 is 0 Å². The van der Waals surface area contributed by atoms with Crippen molar-refractivity contribution in [2.45, 2.75) is 0 Å². The van der Waals surface area contributed by atoms with Crippen molar-refractivity contribution in [2.24, 2.45) is 0 Å². The quantitative estimate of drug-likeness (QED) is 0.209. The zero-order valence-corrected chi connectivity index (χ0v) is 23.8. The molecule has 0 aliphatic rings. The first-order chi connectivity index (χ1) is 21.8. The predicted molar refractivity (Wildman–Crippen MR) is 180 cm³/mol. The molecule has 0 saturated carbocycles. The number of rotatable bonds is 5. The molecule has 4 nitrogen and oxygen atoms in total. The Morgan fingerprint density at radius 1 is 0.364 bits per heavy atom. The number of hydrogen-bond acceptors (Lipinski definition) is 4. The predicted octanol–water partition coefficient (Wildman–Crippen LogP) is 9.91. The molecule has 6 aromatic carbocycles. The second kappa shape index (κ2) is 11.0. The molecule has 0 fully saturated rings. The Morgan fingerprint density at radius 2 is 0.955 bits per heavy atom. The Morgan fingerprint density at radius 3 is 1.70 bits per heavy atom. The molecule has 0 N–H and O–H groups in total. The lowest BCUT2D eigenvalue weighted by atomic mass is 9.93. The van der Waals surface area contributed by atoms with Crippen molar-refractivity contribution in [1.29, 1.82) is 0 Å². The minimum absolute atomic E-state index is 0.638. The fraction of sp³-hybridized carbons (Fsp3) is 0. The second-order valence-corrected chi connectivity index (χ2v) is 10.8. The highest BCUT2D eigenvalue weighted by molar-refractivity contribution is 6.03. The van der Waals surface area contributed by atoms with Crippen molar-refractivity contribution in [3.8, 4) is 56.4 Å². The number of benzene rings is 6. The third-order valence-corrected chi connectivity index (χ3v) is 8.00. The van der Waals surface area contributed by atoms with Gasteiger partial charge in [0.2, 0.25) is 0 Å². The van der Waals surface area contributed by atoms with Crippen LogP contribution in [0, 0.1) is 0 Å². The van der Waals surface area contributed by atoms with Gasteiger partial charge in [0.05, 0.1) is 0 Å². The Hall–Kier alpha value is -6.00. The highest BCUT2D eigenvalue weighted by Crippen LogP contribution is 2.38. The van der Waals surface area contributed by atoms with E-state index in [9.17, 15) is 0 Å². The van der Waals surface area contributed by atoms with Crippen LogP contribution in [0.15, 0.2) is 158 Å². The van der Waals surface area contributed by atoms with E-state index in [0.29, 0.717) is 17.5 Å². The summed E-state index contributed by atoms with van der Waals surface area (Å²) in [5.74, 6) is 1.93. The third-order valence-electron chi connectivity index (χ3n) is 8.00. The lowest BCUT2D eigenvalue weighted by Crippen LogP contribution is -2.01. The molecule has 0 amide bonds. The summed E-state index contributed by atoms with van der Waals surface area (Å²) in [6.07, 6.45) is 3.69. The van der Waals surface area contributed by atoms with E-state index in [1.807, 2.05) is 48.7 Å². The van der Waals surface area contributed by atoms with Crippen LogP contribution in [0.25, 0.3) is 78.0 Å². The molecule has 206 valence electrons. The number of fused-ring (bicyclic) bond motifs is 2. The fourth-order valence-electron chi connectivity index (χ4n) is 5.80. The third kappa shape index (κ3) is 4.79. The minimum atomic E-state index is 0.638. The molecule has 0 saturated heterocycles. The van der Waals surface area contributed by atoms with Crippen LogP contribution in [0.1, 0.15) is 0 Å². The van der Waals surface area contributed by atoms with Gasteiger partial charge in [-0.15, -0.1) is 0 Å². The smallest absolute Gasteiger partial charge is 0.165 e. The summed E-state index contributed by atoms with van der Waals surface area (Å²) in [4.78, 5) is 19.6. The highest BCUT2D eigenvalue weighted by atomic mass is 15.0. The van der Waals surface area contributed by atoms with Crippen molar-refractivity contribution in [1.82, 2.24) is 19.9 Å². The van der Waals surface area contributed by atoms with Gasteiger partial charge >= 0.3 is 0 Å². The second-order valence-electron chi connectivity index (χ2n) is 10.8. The van der Waals surface area contributed by atoms with Crippen LogP contribution >= 0.6 is 0 Å². The molecule has 8 rings (SSSR count). The molecular weight excluding hydrogens is 536 g/mol. The highest BCUT2D eigenvalue weighted by Gasteiger charge is 2.18. The lowest BCUT2D eigenvalue weighted by Gasteiger charge is -2.15. The Labute approximate surface area is 255 Å². The average Bonchev–Trinajstić information content (AvgIpc) is 3.11. The van der Waals surface area contributed by atoms with Gasteiger partial charge in [0.1, 0.15) is 0 Å². The van der Waals surface area contributed by atoms with Crippen molar-refractivity contribution < 1.29 is 0 Å². The van der Waals surface area contributed by atoms with Crippen LogP contribution in [0.3, 0.4) is 0 Å². The van der Waals surface area contributed by atoms with Gasteiger partial charge in [0, 0.05) is 34.6 Å². The maximum absolute atomic E-state index is 5.18. The first kappa shape index (κ1) is 25.7. The molecule has 0 radical (unpaired) electrons. The van der Waals surface area contributed by atoms with Gasteiger partial charge in [0.25, 0.3) is 0 Å². The van der Waals surface area contributed by atoms with Crippen molar-refractivity contribution >= 4 is 21.5 Å². The van der Waals surface area contributed by atoms with Gasteiger partial charge in [-0.25, -0.2) is 15.0 Å². The van der Waals surface area contributed by atoms with Crippen molar-refractivity contribution in [3.05, 3.63) is 158 Å². The van der Waals surface area contributed by atoms with Gasteiger partial charge < -0.3 is 0 Å². The summed E-state index contributed by atoms with van der Waals surface area (Å²) in [6.45, 7) is 0. The summed E-state index contributed by atoms with van der Waals surface area (Å²) in [6, 6.07) is 50.3. The molecule has 0 atom stereocenters. The fourth-order valence-corrected chi connectivity index (χ4v) is 5.80. The van der Waals surface area contributed by atoms with Crippen LogP contribution in [0.2, 0.25) is 0 Å². The molecule has 2 heterocycles. The van der Waals surface area contributed by atoms with E-state index in [1.165, 1.54) is 0 Å². The first-order valence-electron chi connectivity index (χ1n) is 14.6. The minimum Gasteiger partial charge on any atom is -0.264 e. The zero-order chi connectivity index (χ0) is 29.3. The van der Waals surface area contributed by atoms with Crippen LogP contribution in [-0.2, 0) is 0 Å². The molecule has 0 bridgehead atoms. The topological polar surface area (TPSA) is 51.6 Å². The Kier molecular flexibility index (Phi) is 6.43. The molecule has 0 aliphatic heterocycles. The lowest BCUT2D eigenvalue weighted by molar-refractivity contribution is 1.08. The van der Waals surface area contributed by atoms with E-state index in [1.54, 1.807) is 6.20 Å². The molecule has 0 spiro atoms. The maximum atomic E-state index is 5.18. The van der Waals surface area contributed by atoms with Crippen molar-refractivity contribution in [3.63, 3.8) is 0 Å². The number of nitrogens with zero attached hydrogens (tertiary/aromatic N) is 4. The molecule has 0 aliphatic carbocycles. The number of pyridine rings is 1. The van der Waals surface area contributed by atoms with Gasteiger partial charge in [-0.2, -0.15) is 0 Å². The van der Waals surface area contributed by atoms with Crippen LogP contribution in [0.4, 0.5) is 0 Å². The van der Waals surface area contributed by atoms with Crippen LogP contribution in [0.5, 0.6) is 0 Å². The molecule has 8 aromatic rings. The van der Waals surface area contributed by atoms with Gasteiger partial charge in [-0.1, -0.05) is 127 Å². The number of aromatic nitrogens is 4. The van der Waals surface area contributed by atoms with Gasteiger partial charge in [-0.3, -0.25) is 4.98 Å². The monoisotopic (exact) mass is 562 g/mol. The number of hydrogen-bond donors (Lipinski definition) is 0. The normalized spacial score (nSPS) is 11.2. The molecule has 0 unspecified atom stereocenters. The summed E-state index contributed by atoms with van der Waals surface area (Å²) < 4.78 is 0. The average molecular weight is 563 g/mol. The Bertz CT molecular complexity index is 2260. The largest absolute Gasteiger partial charge is 0.264 e. The SMILES string of the molecule is c1ccc(-c2nc(-c3ccc4cc(-c5cccnc5)ccc4c3)nc(-c3c(-c4ccccc4)ccc4ccccc34)n2)cc1. The van der Waals surface area contributed by atoms with Crippen LogP contribution in [-0.4, -0.2) is 19.9 Å². The van der Waals surface area contributed by atoms with Gasteiger partial charge in [-0.05, 0) is 56.4 Å². The molecule has 2 aromatic heterocycles. The Balaban J connectivity index is 1.34. The zero-order valence-electron chi connectivity index (χ0n) is 23.8. The summed E-state index contributed by atoms with van der Waals surface area (Å²) in [5.41, 5.74) is 7.31. The van der Waals surface area contributed by atoms with Crippen LogP contribution < -0.4 is 0 Å². The van der Waals surface area contributed by atoms with Crippen molar-refractivity contribution in [2.75, 3.05) is 0 Å². The molecular formula is C40H26N4. The maximum Gasteiger partial charge on any atom is 0.165 e. The van der Waals surface area contributed by atoms with E-state index in [2.05, 4.69) is 108 Å². The van der Waals surface area contributed by atoms with E-state index >= 15 is 0 Å².